The summed E-state index contributed by atoms with van der Waals surface area (Å²) in [5.41, 5.74) is 12.3. The third-order valence-corrected chi connectivity index (χ3v) is 9.80. The lowest BCUT2D eigenvalue weighted by Crippen LogP contribution is -2.08. The van der Waals surface area contributed by atoms with E-state index in [4.69, 9.17) is 4.98 Å². The van der Waals surface area contributed by atoms with E-state index in [2.05, 4.69) is 136 Å². The Morgan fingerprint density at radius 1 is 0.652 bits per heavy atom. The Morgan fingerprint density at radius 2 is 1.39 bits per heavy atom. The zero-order valence-corrected chi connectivity index (χ0v) is 25.7. The molecule has 4 aromatic heterocycles. The van der Waals surface area contributed by atoms with E-state index in [0.717, 1.165) is 51.4 Å². The molecule has 9 rings (SSSR count). The number of fused-ring (bicyclic) bond motifs is 5. The SMILES string of the molecule is C1=CC(c2cc(-c3ccc(-c4ccncc4)cc3)cc(-c3ccc(-n4c5ccccc5c5c6sccc6ccc54)cc3)n2)=CCN1. The Balaban J connectivity index is 1.15. The molecule has 0 radical (unpaired) electrons. The highest BCUT2D eigenvalue weighted by atomic mass is 32.1. The van der Waals surface area contributed by atoms with Crippen LogP contribution < -0.4 is 5.32 Å². The summed E-state index contributed by atoms with van der Waals surface area (Å²) in [5, 5.41) is 9.35. The lowest BCUT2D eigenvalue weighted by atomic mass is 9.97. The molecule has 0 saturated carbocycles. The van der Waals surface area contributed by atoms with Crippen molar-refractivity contribution >= 4 is 48.8 Å². The lowest BCUT2D eigenvalue weighted by Gasteiger charge is -2.14. The first-order chi connectivity index (χ1) is 22.8. The molecule has 0 unspecified atom stereocenters. The fraction of sp³-hybridized carbons (Fsp3) is 0.0244. The normalized spacial score (nSPS) is 12.9. The summed E-state index contributed by atoms with van der Waals surface area (Å²) in [5.74, 6) is 0. The minimum atomic E-state index is 0.791. The number of aromatic nitrogens is 3. The number of benzene rings is 4. The number of pyridine rings is 2. The van der Waals surface area contributed by atoms with E-state index in [0.29, 0.717) is 0 Å². The van der Waals surface area contributed by atoms with Gasteiger partial charge in [0.05, 0.1) is 22.4 Å². The monoisotopic (exact) mass is 608 g/mol. The molecule has 1 aliphatic heterocycles. The van der Waals surface area contributed by atoms with Gasteiger partial charge in [-0.05, 0) is 105 Å². The van der Waals surface area contributed by atoms with Crippen LogP contribution in [0.15, 0.2) is 151 Å². The van der Waals surface area contributed by atoms with E-state index in [1.807, 2.05) is 42.1 Å². The molecule has 0 fully saturated rings. The second kappa shape index (κ2) is 11.0. The van der Waals surface area contributed by atoms with Crippen LogP contribution in [0, 0.1) is 0 Å². The van der Waals surface area contributed by atoms with Gasteiger partial charge in [-0.2, -0.15) is 0 Å². The van der Waals surface area contributed by atoms with Crippen molar-refractivity contribution in [2.75, 3.05) is 6.54 Å². The second-order valence-electron chi connectivity index (χ2n) is 11.5. The molecule has 218 valence electrons. The van der Waals surface area contributed by atoms with Crippen LogP contribution in [-0.4, -0.2) is 21.1 Å². The van der Waals surface area contributed by atoms with Gasteiger partial charge in [0, 0.05) is 45.7 Å². The van der Waals surface area contributed by atoms with E-state index >= 15 is 0 Å². The van der Waals surface area contributed by atoms with Gasteiger partial charge in [0.1, 0.15) is 0 Å². The summed E-state index contributed by atoms with van der Waals surface area (Å²) < 4.78 is 3.73. The van der Waals surface area contributed by atoms with Crippen LogP contribution in [-0.2, 0) is 0 Å². The number of nitrogens with one attached hydrogen (secondary N) is 1. The van der Waals surface area contributed by atoms with Gasteiger partial charge in [0.2, 0.25) is 0 Å². The maximum atomic E-state index is 5.18. The van der Waals surface area contributed by atoms with Crippen molar-refractivity contribution in [3.8, 4) is 39.2 Å². The molecule has 0 amide bonds. The molecule has 5 heteroatoms. The number of nitrogens with zero attached hydrogens (tertiary/aromatic N) is 3. The summed E-state index contributed by atoms with van der Waals surface area (Å²) in [7, 11) is 0. The molecule has 8 aromatic rings. The van der Waals surface area contributed by atoms with E-state index in [1.54, 1.807) is 0 Å². The number of thiophene rings is 1. The third-order valence-electron chi connectivity index (χ3n) is 8.85. The molecule has 4 aromatic carbocycles. The number of rotatable bonds is 5. The van der Waals surface area contributed by atoms with Crippen molar-refractivity contribution in [1.29, 1.82) is 0 Å². The summed E-state index contributed by atoms with van der Waals surface area (Å²) in [6.07, 6.45) is 9.96. The molecule has 1 aliphatic rings. The number of allylic oxidation sites excluding steroid dienone is 2. The Hall–Kier alpha value is -5.78. The topological polar surface area (TPSA) is 42.7 Å². The highest BCUT2D eigenvalue weighted by molar-refractivity contribution is 7.18. The van der Waals surface area contributed by atoms with Gasteiger partial charge >= 0.3 is 0 Å². The van der Waals surface area contributed by atoms with E-state index in [-0.39, 0.29) is 0 Å². The molecule has 1 N–H and O–H groups in total. The zero-order valence-electron chi connectivity index (χ0n) is 24.9. The quantitative estimate of drug-likeness (QED) is 0.211. The molecule has 0 saturated heterocycles. The largest absolute Gasteiger partial charge is 0.387 e. The van der Waals surface area contributed by atoms with Crippen LogP contribution in [0.25, 0.3) is 76.7 Å². The summed E-state index contributed by atoms with van der Waals surface area (Å²) in [6, 6.07) is 41.5. The summed E-state index contributed by atoms with van der Waals surface area (Å²) in [4.78, 5) is 9.34. The van der Waals surface area contributed by atoms with Gasteiger partial charge in [-0.1, -0.05) is 66.7 Å². The van der Waals surface area contributed by atoms with Crippen molar-refractivity contribution in [2.45, 2.75) is 0 Å². The van der Waals surface area contributed by atoms with Crippen molar-refractivity contribution in [1.82, 2.24) is 19.9 Å². The first kappa shape index (κ1) is 26.6. The van der Waals surface area contributed by atoms with Crippen LogP contribution in [0.5, 0.6) is 0 Å². The van der Waals surface area contributed by atoms with Crippen LogP contribution in [0.2, 0.25) is 0 Å². The zero-order chi connectivity index (χ0) is 30.5. The van der Waals surface area contributed by atoms with Crippen LogP contribution in [0.3, 0.4) is 0 Å². The molecule has 0 atom stereocenters. The first-order valence-electron chi connectivity index (χ1n) is 15.4. The smallest absolute Gasteiger partial charge is 0.0715 e. The fourth-order valence-electron chi connectivity index (χ4n) is 6.57. The van der Waals surface area contributed by atoms with Crippen molar-refractivity contribution in [3.63, 3.8) is 0 Å². The first-order valence-corrected chi connectivity index (χ1v) is 16.3. The fourth-order valence-corrected chi connectivity index (χ4v) is 7.53. The Labute approximate surface area is 270 Å². The molecule has 0 spiro atoms. The molecule has 5 heterocycles. The lowest BCUT2D eigenvalue weighted by molar-refractivity contribution is 0.974. The minimum Gasteiger partial charge on any atom is -0.387 e. The van der Waals surface area contributed by atoms with Crippen LogP contribution >= 0.6 is 11.3 Å². The van der Waals surface area contributed by atoms with Crippen LogP contribution in [0.4, 0.5) is 0 Å². The third kappa shape index (κ3) is 4.52. The van der Waals surface area contributed by atoms with E-state index < -0.39 is 0 Å². The maximum Gasteiger partial charge on any atom is 0.0715 e. The van der Waals surface area contributed by atoms with E-state index in [1.165, 1.54) is 37.5 Å². The number of para-hydroxylation sites is 1. The Bertz CT molecular complexity index is 2450. The van der Waals surface area contributed by atoms with Crippen molar-refractivity contribution in [3.05, 3.63) is 157 Å². The molecular formula is C41H28N4S. The van der Waals surface area contributed by atoms with E-state index in [9.17, 15) is 0 Å². The Kier molecular flexibility index (Phi) is 6.35. The predicted octanol–water partition coefficient (Wildman–Crippen LogP) is 10.3. The van der Waals surface area contributed by atoms with Gasteiger partial charge in [-0.3, -0.25) is 4.98 Å². The number of hydrogen-bond donors (Lipinski definition) is 1. The van der Waals surface area contributed by atoms with Gasteiger partial charge in [-0.15, -0.1) is 11.3 Å². The summed E-state index contributed by atoms with van der Waals surface area (Å²) in [6.45, 7) is 0.791. The number of dihydropyridines is 1. The highest BCUT2D eigenvalue weighted by Gasteiger charge is 2.16. The molecule has 0 bridgehead atoms. The number of hydrogen-bond acceptors (Lipinski definition) is 4. The summed E-state index contributed by atoms with van der Waals surface area (Å²) >= 11 is 1.81. The molecule has 4 nitrogen and oxygen atoms in total. The molecule has 46 heavy (non-hydrogen) atoms. The van der Waals surface area contributed by atoms with Gasteiger partial charge in [0.15, 0.2) is 0 Å². The molecule has 0 aliphatic carbocycles. The van der Waals surface area contributed by atoms with Gasteiger partial charge in [0.25, 0.3) is 0 Å². The highest BCUT2D eigenvalue weighted by Crippen LogP contribution is 2.39. The Morgan fingerprint density at radius 3 is 2.20 bits per heavy atom. The second-order valence-corrected chi connectivity index (χ2v) is 12.5. The average molecular weight is 609 g/mol. The van der Waals surface area contributed by atoms with Crippen molar-refractivity contribution < 1.29 is 0 Å². The maximum absolute atomic E-state index is 5.18. The minimum absolute atomic E-state index is 0.791. The van der Waals surface area contributed by atoms with Crippen molar-refractivity contribution in [2.24, 2.45) is 0 Å². The van der Waals surface area contributed by atoms with Crippen LogP contribution in [0.1, 0.15) is 5.69 Å². The predicted molar refractivity (Wildman–Crippen MR) is 193 cm³/mol. The van der Waals surface area contributed by atoms with Gasteiger partial charge < -0.3 is 9.88 Å². The average Bonchev–Trinajstić information content (AvgIpc) is 3.75. The standard InChI is InChI=1S/C41H28N4S/c1-2-4-38-35(3-1)40-39(14-11-32-19-24-46-41(32)40)45(38)34-12-9-30(10-13-34)36-25-33(26-37(44-36)31-17-22-43-23-18-31)28-7-5-27(6-8-28)29-15-20-42-21-16-29/h1-22,24-26,43H,23H2. The van der Waals surface area contributed by atoms with Gasteiger partial charge in [-0.25, -0.2) is 4.98 Å². The molecular weight excluding hydrogens is 581 g/mol.